The average Bonchev–Trinajstić information content (AvgIpc) is 3.36. The fourth-order valence-electron chi connectivity index (χ4n) is 4.83. The SMILES string of the molecule is CC(=O)N1CCN(C(=O)C2COC3(CCCCC3)N2C(=O)Cc2cccs2)CC1. The van der Waals surface area contributed by atoms with Gasteiger partial charge in [0.15, 0.2) is 0 Å². The number of hydrogen-bond acceptors (Lipinski definition) is 5. The van der Waals surface area contributed by atoms with Gasteiger partial charge >= 0.3 is 0 Å². The summed E-state index contributed by atoms with van der Waals surface area (Å²) in [6.45, 7) is 3.93. The zero-order valence-electron chi connectivity index (χ0n) is 17.0. The lowest BCUT2D eigenvalue weighted by Gasteiger charge is -2.43. The third kappa shape index (κ3) is 4.05. The summed E-state index contributed by atoms with van der Waals surface area (Å²) in [4.78, 5) is 44.6. The van der Waals surface area contributed by atoms with E-state index in [2.05, 4.69) is 0 Å². The molecule has 3 heterocycles. The van der Waals surface area contributed by atoms with E-state index in [1.807, 2.05) is 17.5 Å². The van der Waals surface area contributed by atoms with Crippen LogP contribution in [0.25, 0.3) is 0 Å². The fraction of sp³-hybridized carbons (Fsp3) is 0.667. The van der Waals surface area contributed by atoms with Gasteiger partial charge in [-0.25, -0.2) is 0 Å². The predicted molar refractivity (Wildman–Crippen MR) is 109 cm³/mol. The zero-order valence-corrected chi connectivity index (χ0v) is 17.8. The maximum absolute atomic E-state index is 13.4. The highest BCUT2D eigenvalue weighted by Crippen LogP contribution is 2.41. The summed E-state index contributed by atoms with van der Waals surface area (Å²) in [7, 11) is 0. The summed E-state index contributed by atoms with van der Waals surface area (Å²) in [6, 6.07) is 3.34. The summed E-state index contributed by atoms with van der Waals surface area (Å²) in [5.41, 5.74) is -0.631. The fourth-order valence-corrected chi connectivity index (χ4v) is 5.53. The Balaban J connectivity index is 1.52. The van der Waals surface area contributed by atoms with Gasteiger partial charge in [-0.2, -0.15) is 0 Å². The van der Waals surface area contributed by atoms with Gasteiger partial charge in [0.05, 0.1) is 13.0 Å². The summed E-state index contributed by atoms with van der Waals surface area (Å²) < 4.78 is 6.21. The van der Waals surface area contributed by atoms with E-state index in [4.69, 9.17) is 4.74 Å². The van der Waals surface area contributed by atoms with Crippen LogP contribution in [0.2, 0.25) is 0 Å². The van der Waals surface area contributed by atoms with E-state index in [1.54, 1.807) is 33.0 Å². The maximum atomic E-state index is 13.4. The number of hydrogen-bond donors (Lipinski definition) is 0. The molecule has 158 valence electrons. The van der Waals surface area contributed by atoms with Crippen LogP contribution in [0.3, 0.4) is 0 Å². The molecule has 3 aliphatic rings. The number of nitrogens with zero attached hydrogens (tertiary/aromatic N) is 3. The molecule has 3 fully saturated rings. The standard InChI is InChI=1S/C21H29N3O4S/c1-16(25)22-9-11-23(12-10-22)20(27)18-15-28-21(7-3-2-4-8-21)24(18)19(26)14-17-6-5-13-29-17/h5-6,13,18H,2-4,7-12,14-15H2,1H3. The molecule has 1 aromatic rings. The van der Waals surface area contributed by atoms with Gasteiger partial charge in [0, 0.05) is 38.0 Å². The van der Waals surface area contributed by atoms with E-state index in [0.717, 1.165) is 37.0 Å². The van der Waals surface area contributed by atoms with E-state index in [-0.39, 0.29) is 24.3 Å². The molecule has 7 nitrogen and oxygen atoms in total. The van der Waals surface area contributed by atoms with Crippen molar-refractivity contribution in [3.8, 4) is 0 Å². The third-order valence-electron chi connectivity index (χ3n) is 6.39. The largest absolute Gasteiger partial charge is 0.353 e. The molecule has 8 heteroatoms. The highest BCUT2D eigenvalue weighted by molar-refractivity contribution is 7.10. The second-order valence-electron chi connectivity index (χ2n) is 8.18. The molecule has 1 unspecified atom stereocenters. The van der Waals surface area contributed by atoms with E-state index in [9.17, 15) is 14.4 Å². The van der Waals surface area contributed by atoms with Crippen molar-refractivity contribution in [2.45, 2.75) is 57.2 Å². The van der Waals surface area contributed by atoms with Gasteiger partial charge in [0.1, 0.15) is 11.8 Å². The van der Waals surface area contributed by atoms with Gasteiger partial charge in [0.25, 0.3) is 0 Å². The quantitative estimate of drug-likeness (QED) is 0.750. The lowest BCUT2D eigenvalue weighted by Crippen LogP contribution is -2.59. The van der Waals surface area contributed by atoms with E-state index >= 15 is 0 Å². The predicted octanol–water partition coefficient (Wildman–Crippen LogP) is 1.87. The smallest absolute Gasteiger partial charge is 0.248 e. The molecule has 0 N–H and O–H groups in total. The summed E-state index contributed by atoms with van der Waals surface area (Å²) in [5, 5.41) is 1.97. The van der Waals surface area contributed by atoms with E-state index in [1.165, 1.54) is 0 Å². The molecule has 0 radical (unpaired) electrons. The number of carbonyl (C=O) groups excluding carboxylic acids is 3. The van der Waals surface area contributed by atoms with Crippen LogP contribution in [0.4, 0.5) is 0 Å². The summed E-state index contributed by atoms with van der Waals surface area (Å²) in [6.07, 6.45) is 5.08. The first-order chi connectivity index (χ1) is 14.0. The van der Waals surface area contributed by atoms with Crippen LogP contribution in [0.15, 0.2) is 17.5 Å². The van der Waals surface area contributed by atoms with Crippen LogP contribution < -0.4 is 0 Å². The first kappa shape index (κ1) is 20.3. The number of piperazine rings is 1. The van der Waals surface area contributed by atoms with Gasteiger partial charge < -0.3 is 14.5 Å². The van der Waals surface area contributed by atoms with Crippen molar-refractivity contribution in [2.75, 3.05) is 32.8 Å². The Morgan fingerprint density at radius 1 is 1.10 bits per heavy atom. The van der Waals surface area contributed by atoms with Crippen LogP contribution in [0, 0.1) is 0 Å². The van der Waals surface area contributed by atoms with Gasteiger partial charge in [-0.1, -0.05) is 12.5 Å². The van der Waals surface area contributed by atoms with Gasteiger partial charge in [-0.05, 0) is 37.1 Å². The lowest BCUT2D eigenvalue weighted by molar-refractivity contribution is -0.161. The molecular weight excluding hydrogens is 390 g/mol. The Labute approximate surface area is 175 Å². The highest BCUT2D eigenvalue weighted by atomic mass is 32.1. The highest BCUT2D eigenvalue weighted by Gasteiger charge is 2.53. The molecule has 2 aliphatic heterocycles. The second kappa shape index (κ2) is 8.44. The molecule has 3 amide bonds. The van der Waals surface area contributed by atoms with Gasteiger partial charge in [-0.3, -0.25) is 19.3 Å². The first-order valence-electron chi connectivity index (χ1n) is 10.5. The minimum atomic E-state index is -0.631. The molecular formula is C21H29N3O4S. The number of ether oxygens (including phenoxy) is 1. The van der Waals surface area contributed by atoms with Crippen molar-refractivity contribution < 1.29 is 19.1 Å². The number of amides is 3. The second-order valence-corrected chi connectivity index (χ2v) is 9.22. The lowest BCUT2D eigenvalue weighted by atomic mass is 9.90. The number of thiophene rings is 1. The first-order valence-corrected chi connectivity index (χ1v) is 11.4. The topological polar surface area (TPSA) is 70.2 Å². The molecule has 2 saturated heterocycles. The van der Waals surface area contributed by atoms with Crippen molar-refractivity contribution in [2.24, 2.45) is 0 Å². The maximum Gasteiger partial charge on any atom is 0.248 e. The molecule has 1 aliphatic carbocycles. The number of rotatable bonds is 3. The minimum absolute atomic E-state index is 0.0208. The molecule has 1 spiro atoms. The Morgan fingerprint density at radius 2 is 1.79 bits per heavy atom. The Bertz CT molecular complexity index is 752. The molecule has 0 aromatic carbocycles. The van der Waals surface area contributed by atoms with Crippen molar-refractivity contribution >= 4 is 29.1 Å². The summed E-state index contributed by atoms with van der Waals surface area (Å²) >= 11 is 1.56. The zero-order chi connectivity index (χ0) is 20.4. The third-order valence-corrected chi connectivity index (χ3v) is 7.27. The van der Waals surface area contributed by atoms with E-state index < -0.39 is 11.8 Å². The van der Waals surface area contributed by atoms with Crippen molar-refractivity contribution in [3.63, 3.8) is 0 Å². The average molecular weight is 420 g/mol. The van der Waals surface area contributed by atoms with Crippen LogP contribution >= 0.6 is 11.3 Å². The van der Waals surface area contributed by atoms with E-state index in [0.29, 0.717) is 32.6 Å². The van der Waals surface area contributed by atoms with Gasteiger partial charge in [-0.15, -0.1) is 11.3 Å². The van der Waals surface area contributed by atoms with Crippen LogP contribution in [-0.2, 0) is 25.5 Å². The van der Waals surface area contributed by atoms with Crippen molar-refractivity contribution in [3.05, 3.63) is 22.4 Å². The van der Waals surface area contributed by atoms with Gasteiger partial charge in [0.2, 0.25) is 17.7 Å². The van der Waals surface area contributed by atoms with Crippen LogP contribution in [-0.4, -0.2) is 77.0 Å². The Kier molecular flexibility index (Phi) is 5.92. The minimum Gasteiger partial charge on any atom is -0.353 e. The van der Waals surface area contributed by atoms with Crippen LogP contribution in [0.1, 0.15) is 43.9 Å². The number of carbonyl (C=O) groups is 3. The molecule has 1 saturated carbocycles. The molecule has 0 bridgehead atoms. The molecule has 29 heavy (non-hydrogen) atoms. The monoisotopic (exact) mass is 419 g/mol. The van der Waals surface area contributed by atoms with Crippen LogP contribution in [0.5, 0.6) is 0 Å². The molecule has 1 atom stereocenters. The van der Waals surface area contributed by atoms with Crippen molar-refractivity contribution in [1.29, 1.82) is 0 Å². The Hall–Kier alpha value is -1.93. The normalized spacial score (nSPS) is 24.2. The molecule has 1 aromatic heterocycles. The molecule has 4 rings (SSSR count). The summed E-state index contributed by atoms with van der Waals surface area (Å²) in [5.74, 6) is -0.0297. The van der Waals surface area contributed by atoms with Crippen molar-refractivity contribution in [1.82, 2.24) is 14.7 Å². The Morgan fingerprint density at radius 3 is 2.41 bits per heavy atom.